The van der Waals surface area contributed by atoms with Crippen LogP contribution in [-0.2, 0) is 11.3 Å². The van der Waals surface area contributed by atoms with E-state index in [0.29, 0.717) is 36.0 Å². The lowest BCUT2D eigenvalue weighted by Crippen LogP contribution is -2.20. The zero-order valence-electron chi connectivity index (χ0n) is 17.4. The number of aryl methyl sites for hydroxylation is 1. The maximum Gasteiger partial charge on any atom is 0.262 e. The summed E-state index contributed by atoms with van der Waals surface area (Å²) in [5.74, 6) is 0.306. The van der Waals surface area contributed by atoms with Crippen LogP contribution >= 0.6 is 11.6 Å². The lowest BCUT2D eigenvalue weighted by Gasteiger charge is -2.14. The van der Waals surface area contributed by atoms with Crippen LogP contribution in [0.25, 0.3) is 0 Å². The highest BCUT2D eigenvalue weighted by atomic mass is 35.5. The Labute approximate surface area is 186 Å². The van der Waals surface area contributed by atoms with Gasteiger partial charge in [-0.1, -0.05) is 35.4 Å². The van der Waals surface area contributed by atoms with Gasteiger partial charge in [-0.15, -0.1) is 0 Å². The lowest BCUT2D eigenvalue weighted by molar-refractivity contribution is -0.118. The molecule has 31 heavy (non-hydrogen) atoms. The first-order chi connectivity index (χ1) is 14.9. The van der Waals surface area contributed by atoms with Crippen molar-refractivity contribution in [1.82, 2.24) is 0 Å². The van der Waals surface area contributed by atoms with Crippen molar-refractivity contribution in [2.75, 3.05) is 23.8 Å². The van der Waals surface area contributed by atoms with E-state index in [2.05, 4.69) is 10.6 Å². The van der Waals surface area contributed by atoms with Gasteiger partial charge < -0.3 is 20.1 Å². The maximum absolute atomic E-state index is 13.3. The van der Waals surface area contributed by atoms with Crippen LogP contribution in [0, 0.1) is 12.7 Å². The molecule has 0 spiro atoms. The van der Waals surface area contributed by atoms with Crippen molar-refractivity contribution < 1.29 is 18.7 Å². The largest absolute Gasteiger partial charge is 0.490 e. The summed E-state index contributed by atoms with van der Waals surface area (Å²) in [5, 5.41) is 6.05. The number of carbonyl (C=O) groups is 1. The molecular formula is C24H24ClFN2O3. The lowest BCUT2D eigenvalue weighted by atomic mass is 10.2. The van der Waals surface area contributed by atoms with Crippen molar-refractivity contribution >= 4 is 28.9 Å². The van der Waals surface area contributed by atoms with E-state index in [1.165, 1.54) is 12.1 Å². The number of halogens is 2. The second kappa shape index (κ2) is 10.7. The standard InChI is InChI=1S/C24H24ClFN2O3/c1-3-30-23-12-17(14-27-19-9-10-21(26)20(25)13-19)6-11-22(23)31-15-24(29)28-18-7-4-16(2)5-8-18/h4-13,27H,3,14-15H2,1-2H3,(H,28,29). The molecule has 3 rings (SSSR count). The SMILES string of the molecule is CCOc1cc(CNc2ccc(F)c(Cl)c2)ccc1OCC(=O)Nc1ccc(C)cc1. The zero-order valence-corrected chi connectivity index (χ0v) is 18.1. The number of anilines is 2. The number of hydrogen-bond donors (Lipinski definition) is 2. The van der Waals surface area contributed by atoms with E-state index in [-0.39, 0.29) is 17.5 Å². The van der Waals surface area contributed by atoms with Gasteiger partial charge in [-0.25, -0.2) is 4.39 Å². The van der Waals surface area contributed by atoms with E-state index in [1.807, 2.05) is 50.2 Å². The smallest absolute Gasteiger partial charge is 0.262 e. The molecule has 0 atom stereocenters. The number of hydrogen-bond acceptors (Lipinski definition) is 4. The number of ether oxygens (including phenoxy) is 2. The van der Waals surface area contributed by atoms with Crippen molar-refractivity contribution in [3.05, 3.63) is 82.6 Å². The Morgan fingerprint density at radius 3 is 2.42 bits per heavy atom. The molecule has 0 saturated heterocycles. The average Bonchev–Trinajstić information content (AvgIpc) is 2.76. The highest BCUT2D eigenvalue weighted by molar-refractivity contribution is 6.31. The fourth-order valence-corrected chi connectivity index (χ4v) is 3.02. The molecule has 0 bridgehead atoms. The molecule has 3 aromatic carbocycles. The number of amides is 1. The van der Waals surface area contributed by atoms with E-state index in [1.54, 1.807) is 12.1 Å². The third-order valence-electron chi connectivity index (χ3n) is 4.42. The molecule has 0 aliphatic heterocycles. The molecule has 0 aliphatic rings. The second-order valence-corrected chi connectivity index (χ2v) is 7.31. The number of carbonyl (C=O) groups excluding carboxylic acids is 1. The Morgan fingerprint density at radius 2 is 1.71 bits per heavy atom. The second-order valence-electron chi connectivity index (χ2n) is 6.90. The third kappa shape index (κ3) is 6.62. The molecule has 5 nitrogen and oxygen atoms in total. The summed E-state index contributed by atoms with van der Waals surface area (Å²) >= 11 is 5.82. The van der Waals surface area contributed by atoms with Gasteiger partial charge in [0, 0.05) is 17.9 Å². The molecule has 0 aromatic heterocycles. The Balaban J connectivity index is 1.60. The van der Waals surface area contributed by atoms with Gasteiger partial charge in [0.1, 0.15) is 5.82 Å². The van der Waals surface area contributed by atoms with Gasteiger partial charge in [0.25, 0.3) is 5.91 Å². The van der Waals surface area contributed by atoms with E-state index in [9.17, 15) is 9.18 Å². The van der Waals surface area contributed by atoms with Crippen molar-refractivity contribution in [3.8, 4) is 11.5 Å². The Morgan fingerprint density at radius 1 is 0.968 bits per heavy atom. The quantitative estimate of drug-likeness (QED) is 0.438. The summed E-state index contributed by atoms with van der Waals surface area (Å²) in [6.07, 6.45) is 0. The maximum atomic E-state index is 13.3. The van der Waals surface area contributed by atoms with Gasteiger partial charge in [-0.2, -0.15) is 0 Å². The van der Waals surface area contributed by atoms with Gasteiger partial charge in [0.15, 0.2) is 18.1 Å². The van der Waals surface area contributed by atoms with Crippen LogP contribution in [0.15, 0.2) is 60.7 Å². The van der Waals surface area contributed by atoms with Crippen LogP contribution in [-0.4, -0.2) is 19.1 Å². The topological polar surface area (TPSA) is 59.6 Å². The van der Waals surface area contributed by atoms with Gasteiger partial charge in [-0.05, 0) is 61.9 Å². The molecule has 3 aromatic rings. The van der Waals surface area contributed by atoms with Crippen LogP contribution < -0.4 is 20.1 Å². The summed E-state index contributed by atoms with van der Waals surface area (Å²) in [6, 6.07) is 17.5. The summed E-state index contributed by atoms with van der Waals surface area (Å²) in [6.45, 7) is 4.66. The fraction of sp³-hybridized carbons (Fsp3) is 0.208. The van der Waals surface area contributed by atoms with Gasteiger partial charge in [0.05, 0.1) is 11.6 Å². The Bertz CT molecular complexity index is 1040. The molecule has 0 heterocycles. The van der Waals surface area contributed by atoms with Crippen LogP contribution in [0.4, 0.5) is 15.8 Å². The average molecular weight is 443 g/mol. The number of rotatable bonds is 9. The Hall–Kier alpha value is -3.25. The van der Waals surface area contributed by atoms with E-state index >= 15 is 0 Å². The van der Waals surface area contributed by atoms with E-state index in [0.717, 1.165) is 11.1 Å². The van der Waals surface area contributed by atoms with Crippen LogP contribution in [0.2, 0.25) is 5.02 Å². The minimum absolute atomic E-state index is 0.0627. The molecule has 7 heteroatoms. The molecule has 0 fully saturated rings. The summed E-state index contributed by atoms with van der Waals surface area (Å²) < 4.78 is 24.6. The predicted octanol–water partition coefficient (Wildman–Crippen LogP) is 5.82. The zero-order chi connectivity index (χ0) is 22.2. The van der Waals surface area contributed by atoms with E-state index < -0.39 is 5.82 Å². The normalized spacial score (nSPS) is 10.5. The minimum Gasteiger partial charge on any atom is -0.490 e. The number of nitrogens with one attached hydrogen (secondary N) is 2. The molecule has 2 N–H and O–H groups in total. The molecule has 1 amide bonds. The molecule has 162 valence electrons. The van der Waals surface area contributed by atoms with Crippen LogP contribution in [0.5, 0.6) is 11.5 Å². The van der Waals surface area contributed by atoms with Crippen molar-refractivity contribution in [1.29, 1.82) is 0 Å². The third-order valence-corrected chi connectivity index (χ3v) is 4.71. The first-order valence-electron chi connectivity index (χ1n) is 9.88. The molecule has 0 unspecified atom stereocenters. The first-order valence-corrected chi connectivity index (χ1v) is 10.3. The molecule has 0 saturated carbocycles. The van der Waals surface area contributed by atoms with Crippen molar-refractivity contribution in [2.45, 2.75) is 20.4 Å². The summed E-state index contributed by atoms with van der Waals surface area (Å²) in [7, 11) is 0. The number of benzene rings is 3. The first kappa shape index (κ1) is 22.4. The summed E-state index contributed by atoms with van der Waals surface area (Å²) in [5.41, 5.74) is 3.47. The van der Waals surface area contributed by atoms with Gasteiger partial charge in [-0.3, -0.25) is 4.79 Å². The highest BCUT2D eigenvalue weighted by Gasteiger charge is 2.10. The van der Waals surface area contributed by atoms with Gasteiger partial charge in [0.2, 0.25) is 0 Å². The molecule has 0 radical (unpaired) electrons. The minimum atomic E-state index is -0.459. The summed E-state index contributed by atoms with van der Waals surface area (Å²) in [4.78, 5) is 12.2. The monoisotopic (exact) mass is 442 g/mol. The van der Waals surface area contributed by atoms with Crippen molar-refractivity contribution in [3.63, 3.8) is 0 Å². The molecule has 0 aliphatic carbocycles. The van der Waals surface area contributed by atoms with Crippen LogP contribution in [0.1, 0.15) is 18.1 Å². The fourth-order valence-electron chi connectivity index (χ4n) is 2.84. The highest BCUT2D eigenvalue weighted by Crippen LogP contribution is 2.29. The Kier molecular flexibility index (Phi) is 7.73. The van der Waals surface area contributed by atoms with Crippen molar-refractivity contribution in [2.24, 2.45) is 0 Å². The van der Waals surface area contributed by atoms with Gasteiger partial charge >= 0.3 is 0 Å². The molecular weight excluding hydrogens is 419 g/mol. The predicted molar refractivity (Wildman–Crippen MR) is 122 cm³/mol. The van der Waals surface area contributed by atoms with Crippen LogP contribution in [0.3, 0.4) is 0 Å². The van der Waals surface area contributed by atoms with E-state index in [4.69, 9.17) is 21.1 Å².